The van der Waals surface area contributed by atoms with E-state index in [1.54, 1.807) is 0 Å². The summed E-state index contributed by atoms with van der Waals surface area (Å²) in [6, 6.07) is 12.0. The van der Waals surface area contributed by atoms with Crippen molar-refractivity contribution in [3.05, 3.63) is 65.1 Å². The summed E-state index contributed by atoms with van der Waals surface area (Å²) in [5.74, 6) is 1.57. The second kappa shape index (κ2) is 6.02. The van der Waals surface area contributed by atoms with Gasteiger partial charge in [-0.2, -0.15) is 0 Å². The molecule has 22 heavy (non-hydrogen) atoms. The third-order valence-electron chi connectivity index (χ3n) is 3.60. The van der Waals surface area contributed by atoms with E-state index in [0.29, 0.717) is 0 Å². The van der Waals surface area contributed by atoms with Gasteiger partial charge in [-0.05, 0) is 32.4 Å². The summed E-state index contributed by atoms with van der Waals surface area (Å²) in [7, 11) is 0. The summed E-state index contributed by atoms with van der Waals surface area (Å²) in [5, 5.41) is 6.75. The van der Waals surface area contributed by atoms with Crippen molar-refractivity contribution in [2.45, 2.75) is 20.8 Å². The van der Waals surface area contributed by atoms with Crippen LogP contribution in [0.2, 0.25) is 0 Å². The van der Waals surface area contributed by atoms with Crippen molar-refractivity contribution in [3.63, 3.8) is 0 Å². The number of aromatic nitrogens is 2. The minimum absolute atomic E-state index is 0.746. The number of allylic oxidation sites excluding steroid dienone is 2. The van der Waals surface area contributed by atoms with Gasteiger partial charge in [0.1, 0.15) is 5.82 Å². The Morgan fingerprint density at radius 2 is 1.82 bits per heavy atom. The normalized spacial score (nSPS) is 14.4. The minimum atomic E-state index is 0.746. The number of aryl methyl sites for hydroxylation is 1. The van der Waals surface area contributed by atoms with Gasteiger partial charge < -0.3 is 10.6 Å². The maximum absolute atomic E-state index is 4.65. The fourth-order valence-corrected chi connectivity index (χ4v) is 2.39. The molecular formula is C18H20N4. The van der Waals surface area contributed by atoms with E-state index in [1.807, 2.05) is 43.3 Å². The summed E-state index contributed by atoms with van der Waals surface area (Å²) < 4.78 is 0. The highest BCUT2D eigenvalue weighted by atomic mass is 15.0. The predicted octanol–water partition coefficient (Wildman–Crippen LogP) is 3.64. The number of anilines is 1. The lowest BCUT2D eigenvalue weighted by atomic mass is 10.1. The van der Waals surface area contributed by atoms with Crippen molar-refractivity contribution in [1.82, 2.24) is 15.3 Å². The van der Waals surface area contributed by atoms with Gasteiger partial charge >= 0.3 is 0 Å². The van der Waals surface area contributed by atoms with E-state index >= 15 is 0 Å². The maximum Gasteiger partial charge on any atom is 0.161 e. The van der Waals surface area contributed by atoms with E-state index < -0.39 is 0 Å². The Morgan fingerprint density at radius 1 is 1.05 bits per heavy atom. The molecule has 0 unspecified atom stereocenters. The molecule has 0 atom stereocenters. The van der Waals surface area contributed by atoms with E-state index in [2.05, 4.69) is 40.5 Å². The molecule has 0 amide bonds. The summed E-state index contributed by atoms with van der Waals surface area (Å²) in [6.45, 7) is 7.03. The van der Waals surface area contributed by atoms with E-state index in [4.69, 9.17) is 0 Å². The van der Waals surface area contributed by atoms with Crippen LogP contribution in [0.3, 0.4) is 0 Å². The number of dihydropyridines is 1. The first kappa shape index (κ1) is 14.3. The molecule has 0 bridgehead atoms. The van der Waals surface area contributed by atoms with E-state index in [0.717, 1.165) is 40.8 Å². The molecule has 2 heterocycles. The van der Waals surface area contributed by atoms with Crippen LogP contribution >= 0.6 is 0 Å². The lowest BCUT2D eigenvalue weighted by Gasteiger charge is -2.19. The smallest absolute Gasteiger partial charge is 0.161 e. The van der Waals surface area contributed by atoms with Gasteiger partial charge in [0.25, 0.3) is 0 Å². The van der Waals surface area contributed by atoms with Crippen LogP contribution < -0.4 is 10.6 Å². The standard InChI is InChI=1S/C18H20N4/c1-12-11-19-13(2)9-16(12)21-17-10-14(3)20-18(22-17)15-7-5-4-6-8-15/h4-10,19H,11H2,1-3H3,(H,20,21,22). The monoisotopic (exact) mass is 292 g/mol. The molecule has 2 aromatic rings. The van der Waals surface area contributed by atoms with Crippen molar-refractivity contribution in [1.29, 1.82) is 0 Å². The zero-order valence-electron chi connectivity index (χ0n) is 13.1. The molecule has 4 heteroatoms. The molecule has 0 spiro atoms. The molecule has 0 saturated heterocycles. The van der Waals surface area contributed by atoms with Crippen LogP contribution in [-0.4, -0.2) is 16.5 Å². The van der Waals surface area contributed by atoms with Crippen LogP contribution in [0.4, 0.5) is 5.82 Å². The van der Waals surface area contributed by atoms with Gasteiger partial charge in [-0.3, -0.25) is 0 Å². The Balaban J connectivity index is 1.94. The average Bonchev–Trinajstić information content (AvgIpc) is 2.51. The second-order valence-corrected chi connectivity index (χ2v) is 5.58. The molecule has 112 valence electrons. The van der Waals surface area contributed by atoms with Crippen LogP contribution in [0.15, 0.2) is 59.4 Å². The largest absolute Gasteiger partial charge is 0.385 e. The summed E-state index contributed by atoms with van der Waals surface area (Å²) in [6.07, 6.45) is 2.11. The molecule has 0 radical (unpaired) electrons. The van der Waals surface area contributed by atoms with Gasteiger partial charge in [0.15, 0.2) is 5.82 Å². The van der Waals surface area contributed by atoms with Crippen molar-refractivity contribution in [2.75, 3.05) is 11.9 Å². The summed E-state index contributed by atoms with van der Waals surface area (Å²) in [5.41, 5.74) is 5.50. The highest BCUT2D eigenvalue weighted by Crippen LogP contribution is 2.20. The number of nitrogens with one attached hydrogen (secondary N) is 2. The quantitative estimate of drug-likeness (QED) is 0.906. The number of nitrogens with zero attached hydrogens (tertiary/aromatic N) is 2. The molecule has 1 aromatic heterocycles. The molecule has 1 aliphatic heterocycles. The molecule has 0 aliphatic carbocycles. The molecular weight excluding hydrogens is 272 g/mol. The Morgan fingerprint density at radius 3 is 2.59 bits per heavy atom. The third-order valence-corrected chi connectivity index (χ3v) is 3.60. The molecule has 1 aliphatic rings. The van der Waals surface area contributed by atoms with E-state index in [1.165, 1.54) is 5.57 Å². The number of hydrogen-bond donors (Lipinski definition) is 2. The first-order valence-electron chi connectivity index (χ1n) is 7.42. The van der Waals surface area contributed by atoms with Crippen LogP contribution in [0.1, 0.15) is 19.5 Å². The lowest BCUT2D eigenvalue weighted by molar-refractivity contribution is 0.840. The Hall–Kier alpha value is -2.62. The van der Waals surface area contributed by atoms with Crippen molar-refractivity contribution >= 4 is 5.82 Å². The van der Waals surface area contributed by atoms with E-state index in [9.17, 15) is 0 Å². The highest BCUT2D eigenvalue weighted by molar-refractivity contribution is 5.59. The molecule has 1 aromatic carbocycles. The van der Waals surface area contributed by atoms with E-state index in [-0.39, 0.29) is 0 Å². The molecule has 3 rings (SSSR count). The van der Waals surface area contributed by atoms with Gasteiger partial charge in [0.2, 0.25) is 0 Å². The van der Waals surface area contributed by atoms with Crippen molar-refractivity contribution in [2.24, 2.45) is 0 Å². The summed E-state index contributed by atoms with van der Waals surface area (Å²) >= 11 is 0. The van der Waals surface area contributed by atoms with Gasteiger partial charge in [-0.25, -0.2) is 9.97 Å². The highest BCUT2D eigenvalue weighted by Gasteiger charge is 2.10. The Labute approximate surface area is 131 Å². The second-order valence-electron chi connectivity index (χ2n) is 5.58. The molecule has 0 fully saturated rings. The lowest BCUT2D eigenvalue weighted by Crippen LogP contribution is -2.21. The SMILES string of the molecule is CC1=CC(Nc2cc(C)nc(-c3ccccc3)n2)=C(C)CN1. The molecule has 4 nitrogen and oxygen atoms in total. The third kappa shape index (κ3) is 3.17. The number of hydrogen-bond acceptors (Lipinski definition) is 4. The predicted molar refractivity (Wildman–Crippen MR) is 90.3 cm³/mol. The van der Waals surface area contributed by atoms with Gasteiger partial charge in [-0.15, -0.1) is 0 Å². The zero-order valence-corrected chi connectivity index (χ0v) is 13.1. The van der Waals surface area contributed by atoms with Gasteiger partial charge in [0.05, 0.1) is 0 Å². The van der Waals surface area contributed by atoms with Crippen LogP contribution in [-0.2, 0) is 0 Å². The van der Waals surface area contributed by atoms with Crippen LogP contribution in [0.25, 0.3) is 11.4 Å². The molecule has 0 saturated carbocycles. The summed E-state index contributed by atoms with van der Waals surface area (Å²) in [4.78, 5) is 9.19. The topological polar surface area (TPSA) is 49.8 Å². The van der Waals surface area contributed by atoms with Crippen LogP contribution in [0, 0.1) is 6.92 Å². The van der Waals surface area contributed by atoms with Crippen LogP contribution in [0.5, 0.6) is 0 Å². The van der Waals surface area contributed by atoms with Gasteiger partial charge in [0, 0.05) is 35.3 Å². The van der Waals surface area contributed by atoms with Gasteiger partial charge in [-0.1, -0.05) is 30.3 Å². The van der Waals surface area contributed by atoms with Crippen molar-refractivity contribution < 1.29 is 0 Å². The molecule has 2 N–H and O–H groups in total. The minimum Gasteiger partial charge on any atom is -0.385 e. The maximum atomic E-state index is 4.65. The number of rotatable bonds is 3. The van der Waals surface area contributed by atoms with Crippen molar-refractivity contribution in [3.8, 4) is 11.4 Å². The average molecular weight is 292 g/mol. The first-order valence-corrected chi connectivity index (χ1v) is 7.42. The first-order chi connectivity index (χ1) is 10.6. The fraction of sp³-hybridized carbons (Fsp3) is 0.222. The zero-order chi connectivity index (χ0) is 15.5. The Bertz CT molecular complexity index is 745. The Kier molecular flexibility index (Phi) is 3.92. The number of benzene rings is 1. The fourth-order valence-electron chi connectivity index (χ4n) is 2.39.